The minimum atomic E-state index is -1.05. The van der Waals surface area contributed by atoms with Gasteiger partial charge in [-0.3, -0.25) is 4.79 Å². The predicted octanol–water partition coefficient (Wildman–Crippen LogP) is 1.97. The molecule has 0 aromatic rings. The van der Waals surface area contributed by atoms with E-state index in [9.17, 15) is 9.59 Å². The van der Waals surface area contributed by atoms with Gasteiger partial charge in [-0.25, -0.2) is 4.79 Å². The van der Waals surface area contributed by atoms with Crippen molar-refractivity contribution in [1.82, 2.24) is 10.6 Å². The Bertz CT molecular complexity index is 293. The number of rotatable bonds is 4. The smallest absolute Gasteiger partial charge is 0.325 e. The molecule has 1 atom stereocenters. The van der Waals surface area contributed by atoms with Crippen LogP contribution in [0.15, 0.2) is 0 Å². The van der Waals surface area contributed by atoms with Gasteiger partial charge in [-0.1, -0.05) is 20.8 Å². The third-order valence-electron chi connectivity index (χ3n) is 2.14. The van der Waals surface area contributed by atoms with E-state index in [0.29, 0.717) is 0 Å². The summed E-state index contributed by atoms with van der Waals surface area (Å²) in [5.74, 6) is -1.05. The molecule has 0 aliphatic rings. The van der Waals surface area contributed by atoms with Crippen molar-refractivity contribution in [2.45, 2.75) is 59.5 Å². The molecule has 5 heteroatoms. The second-order valence-electron chi connectivity index (χ2n) is 6.28. The minimum absolute atomic E-state index is 0.0925. The molecule has 0 aromatic heterocycles. The molecule has 0 heterocycles. The van der Waals surface area contributed by atoms with Crippen molar-refractivity contribution >= 4 is 12.0 Å². The van der Waals surface area contributed by atoms with Gasteiger partial charge in [0.1, 0.15) is 6.04 Å². The molecular weight excluding hydrogens is 220 g/mol. The van der Waals surface area contributed by atoms with Crippen molar-refractivity contribution < 1.29 is 14.7 Å². The lowest BCUT2D eigenvalue weighted by atomic mass is 9.82. The second-order valence-corrected chi connectivity index (χ2v) is 6.28. The highest BCUT2D eigenvalue weighted by Gasteiger charge is 2.27. The van der Waals surface area contributed by atoms with E-state index < -0.39 is 18.0 Å². The number of carbonyl (C=O) groups excluding carboxylic acids is 1. The summed E-state index contributed by atoms with van der Waals surface area (Å²) in [6.45, 7) is 11.5. The molecule has 0 fully saturated rings. The van der Waals surface area contributed by atoms with Gasteiger partial charge < -0.3 is 15.7 Å². The average Bonchev–Trinajstić information content (AvgIpc) is 1.96. The summed E-state index contributed by atoms with van der Waals surface area (Å²) in [5.41, 5.74) is -0.282. The molecule has 0 aliphatic carbocycles. The Hall–Kier alpha value is -1.26. The number of carbonyl (C=O) groups is 2. The van der Waals surface area contributed by atoms with Crippen molar-refractivity contribution in [1.29, 1.82) is 0 Å². The maximum absolute atomic E-state index is 11.6. The van der Waals surface area contributed by atoms with Gasteiger partial charge in [0.15, 0.2) is 0 Å². The Morgan fingerprint density at radius 1 is 1.18 bits per heavy atom. The first-order chi connectivity index (χ1) is 7.43. The minimum Gasteiger partial charge on any atom is -0.480 e. The summed E-state index contributed by atoms with van der Waals surface area (Å²) in [6, 6.07) is -1.34. The molecule has 17 heavy (non-hydrogen) atoms. The van der Waals surface area contributed by atoms with Crippen LogP contribution in [0, 0.1) is 5.41 Å². The third kappa shape index (κ3) is 7.60. The summed E-state index contributed by atoms with van der Waals surface area (Å²) in [5, 5.41) is 13.8. The highest BCUT2D eigenvalue weighted by Crippen LogP contribution is 2.26. The molecule has 0 bridgehead atoms. The zero-order valence-corrected chi connectivity index (χ0v) is 11.5. The van der Waals surface area contributed by atoms with Crippen molar-refractivity contribution in [3.05, 3.63) is 0 Å². The van der Waals surface area contributed by atoms with Gasteiger partial charge >= 0.3 is 12.0 Å². The average molecular weight is 244 g/mol. The Morgan fingerprint density at radius 2 is 1.65 bits per heavy atom. The maximum Gasteiger partial charge on any atom is 0.325 e. The number of hydrogen-bond donors (Lipinski definition) is 3. The molecule has 3 N–H and O–H groups in total. The van der Waals surface area contributed by atoms with Crippen LogP contribution in [0.3, 0.4) is 0 Å². The lowest BCUT2D eigenvalue weighted by molar-refractivity contribution is -0.138. The third-order valence-corrected chi connectivity index (χ3v) is 2.14. The summed E-state index contributed by atoms with van der Waals surface area (Å²) in [7, 11) is 0. The quantitative estimate of drug-likeness (QED) is 0.707. The molecule has 0 aromatic carbocycles. The fourth-order valence-corrected chi connectivity index (χ4v) is 1.97. The number of hydrogen-bond acceptors (Lipinski definition) is 2. The first-order valence-electron chi connectivity index (χ1n) is 5.74. The van der Waals surface area contributed by atoms with Crippen molar-refractivity contribution in [2.24, 2.45) is 5.41 Å². The zero-order valence-electron chi connectivity index (χ0n) is 11.5. The Balaban J connectivity index is 4.33. The van der Waals surface area contributed by atoms with Crippen LogP contribution in [-0.2, 0) is 4.79 Å². The van der Waals surface area contributed by atoms with E-state index in [1.165, 1.54) is 6.92 Å². The molecule has 5 nitrogen and oxygen atoms in total. The van der Waals surface area contributed by atoms with E-state index in [1.54, 1.807) is 0 Å². The van der Waals surface area contributed by atoms with Crippen LogP contribution < -0.4 is 10.6 Å². The van der Waals surface area contributed by atoms with E-state index in [-0.39, 0.29) is 11.0 Å². The van der Waals surface area contributed by atoms with E-state index in [1.807, 2.05) is 13.8 Å². The fraction of sp³-hybridized carbons (Fsp3) is 0.833. The van der Waals surface area contributed by atoms with E-state index >= 15 is 0 Å². The van der Waals surface area contributed by atoms with Crippen molar-refractivity contribution in [3.63, 3.8) is 0 Å². The molecule has 0 radical (unpaired) electrons. The van der Waals surface area contributed by atoms with Gasteiger partial charge in [0.25, 0.3) is 0 Å². The van der Waals surface area contributed by atoms with Crippen molar-refractivity contribution in [2.75, 3.05) is 0 Å². The van der Waals surface area contributed by atoms with Gasteiger partial charge in [0, 0.05) is 5.54 Å². The summed E-state index contributed by atoms with van der Waals surface area (Å²) in [4.78, 5) is 22.2. The molecule has 0 spiro atoms. The van der Waals surface area contributed by atoms with Crippen LogP contribution in [0.4, 0.5) is 4.79 Å². The first-order valence-corrected chi connectivity index (χ1v) is 5.74. The summed E-state index contributed by atoms with van der Waals surface area (Å²) >= 11 is 0. The molecule has 0 aliphatic heterocycles. The number of amides is 2. The van der Waals surface area contributed by atoms with Crippen LogP contribution >= 0.6 is 0 Å². The van der Waals surface area contributed by atoms with Gasteiger partial charge in [0.2, 0.25) is 0 Å². The molecule has 0 saturated heterocycles. The Kier molecular flexibility index (Phi) is 4.98. The largest absolute Gasteiger partial charge is 0.480 e. The highest BCUT2D eigenvalue weighted by molar-refractivity contribution is 5.82. The molecule has 1 unspecified atom stereocenters. The molecule has 2 amide bonds. The molecular formula is C12H24N2O3. The normalized spacial score (nSPS) is 14.0. The Morgan fingerprint density at radius 3 is 2.00 bits per heavy atom. The van der Waals surface area contributed by atoms with Crippen LogP contribution in [0.2, 0.25) is 0 Å². The lowest BCUT2D eigenvalue weighted by Crippen LogP contribution is -2.53. The molecule has 100 valence electrons. The standard InChI is InChI=1S/C12H24N2O3/c1-8(9(15)16)13-10(17)14-12(5,6)7-11(2,3)4/h8H,7H2,1-6H3,(H,15,16)(H2,13,14,17). The van der Waals surface area contributed by atoms with E-state index in [4.69, 9.17) is 5.11 Å². The molecule has 0 rings (SSSR count). The highest BCUT2D eigenvalue weighted by atomic mass is 16.4. The maximum atomic E-state index is 11.6. The lowest BCUT2D eigenvalue weighted by Gasteiger charge is -2.33. The number of nitrogens with one attached hydrogen (secondary N) is 2. The summed E-state index contributed by atoms with van der Waals surface area (Å²) < 4.78 is 0. The summed E-state index contributed by atoms with van der Waals surface area (Å²) in [6.07, 6.45) is 0.800. The SMILES string of the molecule is CC(NC(=O)NC(C)(C)CC(C)(C)C)C(=O)O. The first kappa shape index (κ1) is 15.7. The van der Waals surface area contributed by atoms with Crippen LogP contribution in [0.1, 0.15) is 48.0 Å². The zero-order chi connectivity index (χ0) is 13.9. The fourth-order valence-electron chi connectivity index (χ4n) is 1.97. The van der Waals surface area contributed by atoms with Gasteiger partial charge in [-0.15, -0.1) is 0 Å². The van der Waals surface area contributed by atoms with Crippen LogP contribution in [0.25, 0.3) is 0 Å². The monoisotopic (exact) mass is 244 g/mol. The van der Waals surface area contributed by atoms with Gasteiger partial charge in [0.05, 0.1) is 0 Å². The number of urea groups is 1. The Labute approximate surface area is 103 Å². The second kappa shape index (κ2) is 5.38. The van der Waals surface area contributed by atoms with E-state index in [0.717, 1.165) is 6.42 Å². The van der Waals surface area contributed by atoms with Crippen LogP contribution in [-0.4, -0.2) is 28.7 Å². The molecule has 0 saturated carbocycles. The van der Waals surface area contributed by atoms with E-state index in [2.05, 4.69) is 31.4 Å². The van der Waals surface area contributed by atoms with Gasteiger partial charge in [-0.05, 0) is 32.6 Å². The van der Waals surface area contributed by atoms with Crippen molar-refractivity contribution in [3.8, 4) is 0 Å². The number of carboxylic acid groups (broad SMARTS) is 1. The number of carboxylic acids is 1. The number of aliphatic carboxylic acids is 1. The predicted molar refractivity (Wildman–Crippen MR) is 66.9 cm³/mol. The topological polar surface area (TPSA) is 78.4 Å². The van der Waals surface area contributed by atoms with Crippen LogP contribution in [0.5, 0.6) is 0 Å². The van der Waals surface area contributed by atoms with Gasteiger partial charge in [-0.2, -0.15) is 0 Å².